The highest BCUT2D eigenvalue weighted by Gasteiger charge is 2.31. The number of hydrogen-bond acceptors (Lipinski definition) is 2. The molecule has 0 radical (unpaired) electrons. The highest BCUT2D eigenvalue weighted by molar-refractivity contribution is 5.72. The summed E-state index contributed by atoms with van der Waals surface area (Å²) in [6.07, 6.45) is -9.08. The van der Waals surface area contributed by atoms with Gasteiger partial charge in [0.25, 0.3) is 0 Å². The van der Waals surface area contributed by atoms with Crippen molar-refractivity contribution in [3.8, 4) is 28.5 Å². The average Bonchev–Trinajstić information content (AvgIpc) is 2.66. The van der Waals surface area contributed by atoms with E-state index in [0.717, 1.165) is 24.3 Å². The van der Waals surface area contributed by atoms with Crippen LogP contribution in [-0.2, 0) is 12.4 Å². The molecule has 8 heteroatoms. The summed E-state index contributed by atoms with van der Waals surface area (Å²) in [4.78, 5) is 4.04. The molecule has 142 valence electrons. The fourth-order valence-electron chi connectivity index (χ4n) is 2.66. The lowest BCUT2D eigenvalue weighted by atomic mass is 10.00. The van der Waals surface area contributed by atoms with Gasteiger partial charge in [-0.2, -0.15) is 31.6 Å². The van der Waals surface area contributed by atoms with Crippen LogP contribution in [0.25, 0.3) is 22.4 Å². The van der Waals surface area contributed by atoms with Crippen LogP contribution in [0.3, 0.4) is 0 Å². The predicted molar refractivity (Wildman–Crippen MR) is 89.8 cm³/mol. The normalized spacial score (nSPS) is 11.9. The SMILES string of the molecule is N#Cc1nc(-c2cccc(C(F)(F)F)c2)ccc1-c1cccc(C(F)(F)F)c1. The quantitative estimate of drug-likeness (QED) is 0.478. The minimum atomic E-state index is -4.55. The minimum absolute atomic E-state index is 0.110. The van der Waals surface area contributed by atoms with Gasteiger partial charge in [-0.3, -0.25) is 0 Å². The maximum atomic E-state index is 12.9. The van der Waals surface area contributed by atoms with Gasteiger partial charge in [0.2, 0.25) is 0 Å². The summed E-state index contributed by atoms with van der Waals surface area (Å²) in [5.74, 6) is 0. The minimum Gasteiger partial charge on any atom is -0.236 e. The van der Waals surface area contributed by atoms with Crippen LogP contribution in [0, 0.1) is 11.3 Å². The van der Waals surface area contributed by atoms with Crippen molar-refractivity contribution in [2.45, 2.75) is 12.4 Å². The number of nitrogens with zero attached hydrogens (tertiary/aromatic N) is 2. The number of halogens is 6. The second-order valence-electron chi connectivity index (χ2n) is 5.86. The Hall–Kier alpha value is -3.34. The zero-order valence-electron chi connectivity index (χ0n) is 13.9. The molecule has 0 unspecified atom stereocenters. The summed E-state index contributed by atoms with van der Waals surface area (Å²) in [6, 6.07) is 13.4. The molecule has 3 aromatic rings. The van der Waals surface area contributed by atoms with E-state index in [4.69, 9.17) is 0 Å². The maximum Gasteiger partial charge on any atom is 0.416 e. The molecule has 0 N–H and O–H groups in total. The molecule has 1 aromatic heterocycles. The molecule has 0 amide bonds. The predicted octanol–water partition coefficient (Wildman–Crippen LogP) is 6.32. The molecule has 2 aromatic carbocycles. The summed E-state index contributed by atoms with van der Waals surface area (Å²) in [7, 11) is 0. The Balaban J connectivity index is 2.07. The number of pyridine rings is 1. The van der Waals surface area contributed by atoms with Crippen LogP contribution in [0.15, 0.2) is 60.7 Å². The number of benzene rings is 2. The summed E-state index contributed by atoms with van der Waals surface area (Å²) < 4.78 is 77.4. The molecule has 0 aliphatic rings. The van der Waals surface area contributed by atoms with Gasteiger partial charge < -0.3 is 0 Å². The molecule has 0 aliphatic carbocycles. The van der Waals surface area contributed by atoms with E-state index in [1.165, 1.54) is 36.4 Å². The van der Waals surface area contributed by atoms with Gasteiger partial charge in [-0.15, -0.1) is 0 Å². The highest BCUT2D eigenvalue weighted by Crippen LogP contribution is 2.35. The van der Waals surface area contributed by atoms with Gasteiger partial charge in [-0.25, -0.2) is 4.98 Å². The average molecular weight is 392 g/mol. The maximum absolute atomic E-state index is 12.9. The van der Waals surface area contributed by atoms with Crippen LogP contribution < -0.4 is 0 Å². The van der Waals surface area contributed by atoms with Crippen molar-refractivity contribution in [3.05, 3.63) is 77.5 Å². The number of nitriles is 1. The van der Waals surface area contributed by atoms with Crippen LogP contribution in [0.1, 0.15) is 16.8 Å². The van der Waals surface area contributed by atoms with Gasteiger partial charge in [0, 0.05) is 11.1 Å². The molecular weight excluding hydrogens is 382 g/mol. The fourth-order valence-corrected chi connectivity index (χ4v) is 2.66. The van der Waals surface area contributed by atoms with Crippen LogP contribution in [0.4, 0.5) is 26.3 Å². The lowest BCUT2D eigenvalue weighted by Crippen LogP contribution is -2.05. The van der Waals surface area contributed by atoms with Crippen molar-refractivity contribution in [2.24, 2.45) is 0 Å². The Morgan fingerprint density at radius 3 is 1.79 bits per heavy atom. The van der Waals surface area contributed by atoms with E-state index in [2.05, 4.69) is 4.98 Å². The standard InChI is InChI=1S/C20H10F6N2/c21-19(22,23)14-5-1-3-12(9-14)16-7-8-17(28-18(16)11-27)13-4-2-6-15(10-13)20(24,25)26/h1-10H. The molecule has 0 bridgehead atoms. The summed E-state index contributed by atoms with van der Waals surface area (Å²) in [5, 5.41) is 9.35. The first kappa shape index (κ1) is 19.4. The zero-order valence-corrected chi connectivity index (χ0v) is 13.9. The van der Waals surface area contributed by atoms with Crippen molar-refractivity contribution in [1.29, 1.82) is 5.26 Å². The van der Waals surface area contributed by atoms with E-state index in [1.54, 1.807) is 6.07 Å². The Bertz CT molecular complexity index is 1060. The lowest BCUT2D eigenvalue weighted by Gasteiger charge is -2.11. The molecule has 0 saturated carbocycles. The second kappa shape index (κ2) is 7.00. The molecule has 0 saturated heterocycles. The first-order valence-corrected chi connectivity index (χ1v) is 7.86. The Morgan fingerprint density at radius 2 is 1.25 bits per heavy atom. The van der Waals surface area contributed by atoms with E-state index in [-0.39, 0.29) is 28.1 Å². The van der Waals surface area contributed by atoms with Crippen LogP contribution in [-0.4, -0.2) is 4.98 Å². The van der Waals surface area contributed by atoms with Crippen molar-refractivity contribution in [3.63, 3.8) is 0 Å². The molecule has 2 nitrogen and oxygen atoms in total. The van der Waals surface area contributed by atoms with Gasteiger partial charge in [-0.05, 0) is 42.0 Å². The summed E-state index contributed by atoms with van der Waals surface area (Å²) in [6.45, 7) is 0. The van der Waals surface area contributed by atoms with E-state index in [0.29, 0.717) is 0 Å². The van der Waals surface area contributed by atoms with Crippen molar-refractivity contribution >= 4 is 0 Å². The Morgan fingerprint density at radius 1 is 0.714 bits per heavy atom. The van der Waals surface area contributed by atoms with Gasteiger partial charge >= 0.3 is 12.4 Å². The zero-order chi connectivity index (χ0) is 20.5. The van der Waals surface area contributed by atoms with E-state index >= 15 is 0 Å². The first-order chi connectivity index (χ1) is 13.1. The number of alkyl halides is 6. The molecule has 0 spiro atoms. The smallest absolute Gasteiger partial charge is 0.236 e. The first-order valence-electron chi connectivity index (χ1n) is 7.86. The Labute approximate surface area is 155 Å². The van der Waals surface area contributed by atoms with Gasteiger partial charge in [-0.1, -0.05) is 24.3 Å². The third kappa shape index (κ3) is 3.98. The molecule has 1 heterocycles. The van der Waals surface area contributed by atoms with Gasteiger partial charge in [0.05, 0.1) is 16.8 Å². The van der Waals surface area contributed by atoms with Crippen LogP contribution in [0.2, 0.25) is 0 Å². The van der Waals surface area contributed by atoms with Gasteiger partial charge in [0.15, 0.2) is 0 Å². The molecule has 0 aliphatic heterocycles. The van der Waals surface area contributed by atoms with Crippen LogP contribution >= 0.6 is 0 Å². The molecular formula is C20H10F6N2. The van der Waals surface area contributed by atoms with Crippen molar-refractivity contribution in [1.82, 2.24) is 4.98 Å². The van der Waals surface area contributed by atoms with Crippen molar-refractivity contribution in [2.75, 3.05) is 0 Å². The molecule has 0 fully saturated rings. The Kier molecular flexibility index (Phi) is 4.86. The monoisotopic (exact) mass is 392 g/mol. The fraction of sp³-hybridized carbons (Fsp3) is 0.100. The molecule has 0 atom stereocenters. The van der Waals surface area contributed by atoms with Gasteiger partial charge in [0.1, 0.15) is 11.8 Å². The number of aromatic nitrogens is 1. The van der Waals surface area contributed by atoms with Crippen LogP contribution in [0.5, 0.6) is 0 Å². The summed E-state index contributed by atoms with van der Waals surface area (Å²) in [5.41, 5.74) is -1.39. The van der Waals surface area contributed by atoms with E-state index < -0.39 is 23.5 Å². The third-order valence-corrected chi connectivity index (χ3v) is 3.99. The summed E-state index contributed by atoms with van der Waals surface area (Å²) >= 11 is 0. The largest absolute Gasteiger partial charge is 0.416 e. The molecule has 3 rings (SSSR count). The van der Waals surface area contributed by atoms with E-state index in [9.17, 15) is 31.6 Å². The van der Waals surface area contributed by atoms with Crippen molar-refractivity contribution < 1.29 is 26.3 Å². The van der Waals surface area contributed by atoms with E-state index in [1.807, 2.05) is 0 Å². The molecule has 28 heavy (non-hydrogen) atoms. The topological polar surface area (TPSA) is 36.7 Å². The highest BCUT2D eigenvalue weighted by atomic mass is 19.4. The number of hydrogen-bond donors (Lipinski definition) is 0. The second-order valence-corrected chi connectivity index (χ2v) is 5.86. The third-order valence-electron chi connectivity index (χ3n) is 3.99. The lowest BCUT2D eigenvalue weighted by molar-refractivity contribution is -0.138. The number of rotatable bonds is 2.